The van der Waals surface area contributed by atoms with E-state index in [-0.39, 0.29) is 23.1 Å². The minimum Gasteiger partial charge on any atom is -0.346 e. The highest BCUT2D eigenvalue weighted by atomic mass is 16.2. The predicted octanol–water partition coefficient (Wildman–Crippen LogP) is 1.88. The van der Waals surface area contributed by atoms with E-state index in [1.54, 1.807) is 16.8 Å². The first-order valence-corrected chi connectivity index (χ1v) is 9.72. The summed E-state index contributed by atoms with van der Waals surface area (Å²) in [6.07, 6.45) is 1.51. The standard InChI is InChI=1S/C20H24N6O2/c1-4-26-15-8-6-5-7-14(15)18(27)17(24-26)20(28)21-13-9-10-16-22-23-19(12(2)3)25(16)11-13/h5-8,12-13H,4,9-11H2,1-3H3,(H,21,28). The molecule has 0 radical (unpaired) electrons. The zero-order chi connectivity index (χ0) is 19.8. The van der Waals surface area contributed by atoms with Crippen LogP contribution in [0.5, 0.6) is 0 Å². The van der Waals surface area contributed by atoms with Crippen molar-refractivity contribution in [2.75, 3.05) is 0 Å². The normalized spacial score (nSPS) is 16.4. The number of aromatic nitrogens is 5. The minimum atomic E-state index is -0.425. The Kier molecular flexibility index (Phi) is 4.70. The van der Waals surface area contributed by atoms with E-state index in [0.717, 1.165) is 30.0 Å². The molecule has 8 nitrogen and oxygen atoms in total. The van der Waals surface area contributed by atoms with Crippen LogP contribution in [0.25, 0.3) is 10.9 Å². The maximum atomic E-state index is 12.9. The van der Waals surface area contributed by atoms with E-state index < -0.39 is 5.91 Å². The summed E-state index contributed by atoms with van der Waals surface area (Å²) in [4.78, 5) is 25.7. The number of hydrogen-bond acceptors (Lipinski definition) is 5. The third-order valence-electron chi connectivity index (χ3n) is 5.20. The topological polar surface area (TPSA) is 94.7 Å². The summed E-state index contributed by atoms with van der Waals surface area (Å²) in [6.45, 7) is 7.27. The van der Waals surface area contributed by atoms with Crippen molar-refractivity contribution in [2.45, 2.75) is 58.7 Å². The molecule has 2 aromatic heterocycles. The molecule has 0 spiro atoms. The van der Waals surface area contributed by atoms with E-state index in [1.165, 1.54) is 0 Å². The van der Waals surface area contributed by atoms with Crippen molar-refractivity contribution >= 4 is 16.8 Å². The van der Waals surface area contributed by atoms with Crippen LogP contribution in [0.1, 0.15) is 55.2 Å². The molecule has 4 rings (SSSR count). The van der Waals surface area contributed by atoms with Crippen LogP contribution in [0.15, 0.2) is 29.1 Å². The third kappa shape index (κ3) is 3.08. The number of para-hydroxylation sites is 1. The SMILES string of the molecule is CCn1nc(C(=O)NC2CCc3nnc(C(C)C)n3C2)c(=O)c2ccccc21. The van der Waals surface area contributed by atoms with Crippen molar-refractivity contribution in [1.82, 2.24) is 29.9 Å². The van der Waals surface area contributed by atoms with Crippen molar-refractivity contribution in [3.63, 3.8) is 0 Å². The Morgan fingerprint density at radius 3 is 2.82 bits per heavy atom. The quantitative estimate of drug-likeness (QED) is 0.746. The summed E-state index contributed by atoms with van der Waals surface area (Å²) in [7, 11) is 0. The van der Waals surface area contributed by atoms with Gasteiger partial charge in [0.25, 0.3) is 5.91 Å². The Hall–Kier alpha value is -3.03. The average molecular weight is 380 g/mol. The van der Waals surface area contributed by atoms with Gasteiger partial charge in [-0.25, -0.2) is 0 Å². The first-order valence-electron chi connectivity index (χ1n) is 9.72. The van der Waals surface area contributed by atoms with Crippen molar-refractivity contribution < 1.29 is 4.79 Å². The molecule has 0 fully saturated rings. The lowest BCUT2D eigenvalue weighted by molar-refractivity contribution is 0.0919. The van der Waals surface area contributed by atoms with Crippen LogP contribution in [0.2, 0.25) is 0 Å². The van der Waals surface area contributed by atoms with Gasteiger partial charge in [-0.2, -0.15) is 5.10 Å². The van der Waals surface area contributed by atoms with Gasteiger partial charge in [-0.05, 0) is 25.5 Å². The van der Waals surface area contributed by atoms with Crippen molar-refractivity contribution in [3.05, 3.63) is 51.8 Å². The number of nitrogens with one attached hydrogen (secondary N) is 1. The van der Waals surface area contributed by atoms with Crippen LogP contribution in [-0.2, 0) is 19.5 Å². The summed E-state index contributed by atoms with van der Waals surface area (Å²) >= 11 is 0. The largest absolute Gasteiger partial charge is 0.346 e. The van der Waals surface area contributed by atoms with Crippen LogP contribution in [0.3, 0.4) is 0 Å². The van der Waals surface area contributed by atoms with Gasteiger partial charge >= 0.3 is 0 Å². The maximum absolute atomic E-state index is 12.9. The first kappa shape index (κ1) is 18.3. The summed E-state index contributed by atoms with van der Waals surface area (Å²) in [6, 6.07) is 7.16. The minimum absolute atomic E-state index is 0.0563. The van der Waals surface area contributed by atoms with Crippen LogP contribution < -0.4 is 10.7 Å². The van der Waals surface area contributed by atoms with Gasteiger partial charge in [0.2, 0.25) is 5.43 Å². The Morgan fingerprint density at radius 1 is 1.29 bits per heavy atom. The molecule has 1 aliphatic rings. The zero-order valence-corrected chi connectivity index (χ0v) is 16.3. The van der Waals surface area contributed by atoms with Gasteiger partial charge in [-0.1, -0.05) is 26.0 Å². The van der Waals surface area contributed by atoms with E-state index in [0.29, 0.717) is 18.5 Å². The van der Waals surface area contributed by atoms with E-state index in [4.69, 9.17) is 0 Å². The number of fused-ring (bicyclic) bond motifs is 2. The highest BCUT2D eigenvalue weighted by molar-refractivity contribution is 5.95. The maximum Gasteiger partial charge on any atom is 0.276 e. The Balaban J connectivity index is 1.62. The molecular formula is C20H24N6O2. The molecule has 1 amide bonds. The highest BCUT2D eigenvalue weighted by Crippen LogP contribution is 2.20. The number of carbonyl (C=O) groups is 1. The van der Waals surface area contributed by atoms with Gasteiger partial charge in [0.1, 0.15) is 11.6 Å². The second kappa shape index (κ2) is 7.18. The van der Waals surface area contributed by atoms with Gasteiger partial charge in [0.05, 0.1) is 5.52 Å². The molecule has 0 saturated carbocycles. The number of nitrogens with zero attached hydrogens (tertiary/aromatic N) is 5. The lowest BCUT2D eigenvalue weighted by Crippen LogP contribution is -2.43. The van der Waals surface area contributed by atoms with Gasteiger partial charge in [-0.3, -0.25) is 14.3 Å². The molecule has 0 saturated heterocycles. The predicted molar refractivity (Wildman–Crippen MR) is 105 cm³/mol. The second-order valence-corrected chi connectivity index (χ2v) is 7.46. The lowest BCUT2D eigenvalue weighted by Gasteiger charge is -2.25. The molecule has 1 unspecified atom stereocenters. The van der Waals surface area contributed by atoms with Crippen molar-refractivity contribution in [2.24, 2.45) is 0 Å². The third-order valence-corrected chi connectivity index (χ3v) is 5.20. The van der Waals surface area contributed by atoms with Gasteiger partial charge < -0.3 is 9.88 Å². The Morgan fingerprint density at radius 2 is 2.07 bits per heavy atom. The molecule has 1 aliphatic heterocycles. The van der Waals surface area contributed by atoms with E-state index in [9.17, 15) is 9.59 Å². The molecule has 1 N–H and O–H groups in total. The molecule has 3 heterocycles. The molecule has 28 heavy (non-hydrogen) atoms. The monoisotopic (exact) mass is 380 g/mol. The molecule has 1 aromatic carbocycles. The molecule has 1 atom stereocenters. The van der Waals surface area contributed by atoms with E-state index in [1.807, 2.05) is 19.1 Å². The second-order valence-electron chi connectivity index (χ2n) is 7.46. The number of aryl methyl sites for hydroxylation is 2. The van der Waals surface area contributed by atoms with Gasteiger partial charge in [0, 0.05) is 36.9 Å². The molecule has 146 valence electrons. The number of benzene rings is 1. The first-order chi connectivity index (χ1) is 13.5. The highest BCUT2D eigenvalue weighted by Gasteiger charge is 2.26. The van der Waals surface area contributed by atoms with Crippen molar-refractivity contribution in [3.8, 4) is 0 Å². The molecule has 0 bridgehead atoms. The molecule has 0 aliphatic carbocycles. The fourth-order valence-electron chi connectivity index (χ4n) is 3.77. The number of hydrogen-bond donors (Lipinski definition) is 1. The molecule has 8 heteroatoms. The van der Waals surface area contributed by atoms with Crippen LogP contribution in [0, 0.1) is 0 Å². The number of carbonyl (C=O) groups excluding carboxylic acids is 1. The number of rotatable bonds is 4. The lowest BCUT2D eigenvalue weighted by atomic mass is 10.1. The fraction of sp³-hybridized carbons (Fsp3) is 0.450. The van der Waals surface area contributed by atoms with Crippen molar-refractivity contribution in [1.29, 1.82) is 0 Å². The smallest absolute Gasteiger partial charge is 0.276 e. The van der Waals surface area contributed by atoms with Gasteiger partial charge in [0.15, 0.2) is 5.69 Å². The van der Waals surface area contributed by atoms with Crippen LogP contribution in [-0.4, -0.2) is 36.5 Å². The summed E-state index contributed by atoms with van der Waals surface area (Å²) < 4.78 is 3.78. The number of amides is 1. The van der Waals surface area contributed by atoms with E-state index in [2.05, 4.69) is 39.0 Å². The van der Waals surface area contributed by atoms with Crippen LogP contribution in [0.4, 0.5) is 0 Å². The molecule has 3 aromatic rings. The summed E-state index contributed by atoms with van der Waals surface area (Å²) in [5.74, 6) is 1.71. The zero-order valence-electron chi connectivity index (χ0n) is 16.3. The average Bonchev–Trinajstić information content (AvgIpc) is 3.12. The summed E-state index contributed by atoms with van der Waals surface area (Å²) in [5.41, 5.74) is 0.348. The van der Waals surface area contributed by atoms with E-state index >= 15 is 0 Å². The Labute approximate surface area is 162 Å². The Bertz CT molecular complexity index is 1100. The van der Waals surface area contributed by atoms with Gasteiger partial charge in [-0.15, -0.1) is 10.2 Å². The molecular weight excluding hydrogens is 356 g/mol. The van der Waals surface area contributed by atoms with Crippen LogP contribution >= 0.6 is 0 Å². The summed E-state index contributed by atoms with van der Waals surface area (Å²) in [5, 5.41) is 16.4. The fourth-order valence-corrected chi connectivity index (χ4v) is 3.77.